The summed E-state index contributed by atoms with van der Waals surface area (Å²) >= 11 is 0. The Morgan fingerprint density at radius 1 is 0.667 bits per heavy atom. The summed E-state index contributed by atoms with van der Waals surface area (Å²) < 4.78 is 32.4. The van der Waals surface area contributed by atoms with E-state index in [4.69, 9.17) is 19.1 Å². The van der Waals surface area contributed by atoms with E-state index in [0.29, 0.717) is 6.42 Å². The van der Waals surface area contributed by atoms with Crippen molar-refractivity contribution in [2.24, 2.45) is 5.92 Å². The van der Waals surface area contributed by atoms with Crippen LogP contribution in [0.3, 0.4) is 0 Å². The summed E-state index contributed by atoms with van der Waals surface area (Å²) in [6.07, 6.45) is 25.8. The van der Waals surface area contributed by atoms with Gasteiger partial charge in [-0.05, 0) is 57.3 Å². The molecule has 0 fully saturated rings. The van der Waals surface area contributed by atoms with E-state index in [9.17, 15) is 34.4 Å². The summed E-state index contributed by atoms with van der Waals surface area (Å²) in [4.78, 5) is 34.9. The lowest BCUT2D eigenvalue weighted by molar-refractivity contribution is -0.161. The molecule has 0 bridgehead atoms. The predicted molar refractivity (Wildman–Crippen MR) is 213 cm³/mol. The fourth-order valence-corrected chi connectivity index (χ4v) is 6.10. The van der Waals surface area contributed by atoms with Crippen molar-refractivity contribution in [2.75, 3.05) is 26.4 Å². The zero-order chi connectivity index (χ0) is 40.3. The van der Waals surface area contributed by atoms with Gasteiger partial charge in [0.2, 0.25) is 0 Å². The van der Waals surface area contributed by atoms with Gasteiger partial charge < -0.3 is 34.8 Å². The molecule has 4 unspecified atom stereocenters. The molecule has 0 amide bonds. The van der Waals surface area contributed by atoms with Crippen molar-refractivity contribution < 1.29 is 58.0 Å². The van der Waals surface area contributed by atoms with Crippen molar-refractivity contribution >= 4 is 19.8 Å². The highest BCUT2D eigenvalue weighted by molar-refractivity contribution is 7.47. The second-order valence-corrected chi connectivity index (χ2v) is 15.7. The van der Waals surface area contributed by atoms with Crippen LogP contribution in [0.15, 0.2) is 36.5 Å². The maximum atomic E-state index is 12.6. The number of hydrogen-bond acceptors (Lipinski definition) is 11. The molecule has 0 rings (SSSR count). The van der Waals surface area contributed by atoms with Crippen LogP contribution in [0.2, 0.25) is 0 Å². The average Bonchev–Trinajstić information content (AvgIpc) is 3.15. The fraction of sp³-hybridized carbons (Fsp3) is 0.805. The van der Waals surface area contributed by atoms with Gasteiger partial charge in [0.1, 0.15) is 12.7 Å². The quantitative estimate of drug-likeness (QED) is 0.0176. The fourth-order valence-electron chi connectivity index (χ4n) is 5.31. The summed E-state index contributed by atoms with van der Waals surface area (Å²) in [5, 5.41) is 39.0. The highest BCUT2D eigenvalue weighted by Gasteiger charge is 2.27. The molecule has 12 nitrogen and oxygen atoms in total. The maximum Gasteiger partial charge on any atom is 0.472 e. The van der Waals surface area contributed by atoms with Crippen molar-refractivity contribution in [1.82, 2.24) is 0 Å². The van der Waals surface area contributed by atoms with Gasteiger partial charge in [0.15, 0.2) is 6.10 Å². The number of rotatable bonds is 37. The number of esters is 2. The van der Waals surface area contributed by atoms with Crippen LogP contribution in [0, 0.1) is 5.92 Å². The van der Waals surface area contributed by atoms with Crippen molar-refractivity contribution in [1.29, 1.82) is 0 Å². The molecular weight excluding hydrogens is 715 g/mol. The van der Waals surface area contributed by atoms with Crippen LogP contribution in [0.5, 0.6) is 0 Å². The molecule has 0 heterocycles. The van der Waals surface area contributed by atoms with Crippen molar-refractivity contribution in [3.63, 3.8) is 0 Å². The molecule has 0 aromatic rings. The van der Waals surface area contributed by atoms with E-state index in [0.717, 1.165) is 44.4 Å². The van der Waals surface area contributed by atoms with Crippen LogP contribution in [0.25, 0.3) is 0 Å². The Morgan fingerprint density at radius 2 is 1.26 bits per heavy atom. The van der Waals surface area contributed by atoms with Crippen LogP contribution >= 0.6 is 7.82 Å². The van der Waals surface area contributed by atoms with E-state index in [1.54, 1.807) is 0 Å². The van der Waals surface area contributed by atoms with Crippen molar-refractivity contribution in [3.05, 3.63) is 36.5 Å². The largest absolute Gasteiger partial charge is 0.472 e. The number of carbonyl (C=O) groups is 2. The molecule has 0 aromatic heterocycles. The van der Waals surface area contributed by atoms with Crippen LogP contribution < -0.4 is 0 Å². The van der Waals surface area contributed by atoms with Gasteiger partial charge >= 0.3 is 19.8 Å². The molecule has 0 spiro atoms. The van der Waals surface area contributed by atoms with E-state index >= 15 is 0 Å². The van der Waals surface area contributed by atoms with Gasteiger partial charge in [-0.25, -0.2) is 4.57 Å². The van der Waals surface area contributed by atoms with E-state index < -0.39 is 70.6 Å². The second-order valence-electron chi connectivity index (χ2n) is 14.2. The molecule has 0 radical (unpaired) electrons. The Bertz CT molecular complexity index is 1050. The molecule has 0 aromatic carbocycles. The van der Waals surface area contributed by atoms with Gasteiger partial charge in [-0.1, -0.05) is 128 Å². The van der Waals surface area contributed by atoms with Crippen LogP contribution in [0.1, 0.15) is 156 Å². The number of ether oxygens (including phenoxy) is 2. The highest BCUT2D eigenvalue weighted by Crippen LogP contribution is 2.43. The van der Waals surface area contributed by atoms with Gasteiger partial charge in [0.05, 0.1) is 32.0 Å². The van der Waals surface area contributed by atoms with Crippen LogP contribution in [0.4, 0.5) is 0 Å². The van der Waals surface area contributed by atoms with Crippen molar-refractivity contribution in [2.45, 2.75) is 180 Å². The highest BCUT2D eigenvalue weighted by atomic mass is 31.2. The molecule has 0 aliphatic rings. The third kappa shape index (κ3) is 33.4. The lowest BCUT2D eigenvalue weighted by Crippen LogP contribution is -2.30. The lowest BCUT2D eigenvalue weighted by Gasteiger charge is -2.20. The minimum atomic E-state index is -4.69. The Morgan fingerprint density at radius 3 is 1.91 bits per heavy atom. The van der Waals surface area contributed by atoms with Gasteiger partial charge in [-0.2, -0.15) is 0 Å². The average molecular weight is 791 g/mol. The number of unbranched alkanes of at least 4 members (excludes halogenated alkanes) is 10. The number of aliphatic hydroxyl groups excluding tert-OH is 4. The molecule has 5 N–H and O–H groups in total. The molecule has 6 atom stereocenters. The first kappa shape index (κ1) is 52.1. The van der Waals surface area contributed by atoms with E-state index in [1.165, 1.54) is 57.8 Å². The number of allylic oxidation sites excluding steroid dienone is 5. The zero-order valence-corrected chi connectivity index (χ0v) is 34.5. The normalized spacial score (nSPS) is 16.1. The Labute approximate surface area is 326 Å². The molecule has 0 aliphatic heterocycles. The Kier molecular flexibility index (Phi) is 34.3. The third-order valence-electron chi connectivity index (χ3n) is 9.04. The molecule has 0 saturated heterocycles. The van der Waals surface area contributed by atoms with E-state index in [-0.39, 0.29) is 32.1 Å². The zero-order valence-electron chi connectivity index (χ0n) is 33.6. The van der Waals surface area contributed by atoms with Crippen LogP contribution in [-0.4, -0.2) is 88.1 Å². The molecule has 0 saturated carbocycles. The lowest BCUT2D eigenvalue weighted by atomic mass is 9.99. The van der Waals surface area contributed by atoms with Gasteiger partial charge in [0.25, 0.3) is 0 Å². The first-order chi connectivity index (χ1) is 25.9. The Hall–Kier alpha value is -1.89. The number of phosphoric ester groups is 1. The Balaban J connectivity index is 4.61. The van der Waals surface area contributed by atoms with E-state index in [2.05, 4.69) is 43.5 Å². The molecule has 13 heteroatoms. The smallest absolute Gasteiger partial charge is 0.462 e. The standard InChI is InChI=1S/C41H75O12P/c1-4-6-7-8-9-10-11-12-13-17-20-23-27-38(44)39(45)28-25-30-41(47)53-37(34-52-54(48,49)51-32-36(43)31-42)33-50-40(46)29-24-21-18-15-14-16-19-22-26-35(3)5-2/h9-10,12-13,20,23,35-39,42-45H,4-8,11,14-19,21-22,24-34H2,1-3H3,(H,48,49)/b10-9-,13-12-,23-20-/t35?,36-,37+,38?,39?/m0/s1. The third-order valence-corrected chi connectivity index (χ3v) is 9.99. The van der Waals surface area contributed by atoms with Crippen molar-refractivity contribution in [3.8, 4) is 0 Å². The summed E-state index contributed by atoms with van der Waals surface area (Å²) in [5.41, 5.74) is 0. The number of aliphatic hydroxyl groups is 4. The van der Waals surface area contributed by atoms with Gasteiger partial charge in [-0.15, -0.1) is 0 Å². The number of hydrogen-bond donors (Lipinski definition) is 5. The number of carbonyl (C=O) groups excluding carboxylic acids is 2. The summed E-state index contributed by atoms with van der Waals surface area (Å²) in [6.45, 7) is 4.30. The topological polar surface area (TPSA) is 189 Å². The molecule has 0 aliphatic carbocycles. The van der Waals surface area contributed by atoms with Gasteiger partial charge in [0, 0.05) is 12.8 Å². The minimum Gasteiger partial charge on any atom is -0.462 e. The van der Waals surface area contributed by atoms with Gasteiger partial charge in [-0.3, -0.25) is 18.6 Å². The summed E-state index contributed by atoms with van der Waals surface area (Å²) in [5.74, 6) is -0.418. The SMILES string of the molecule is CCCCC/C=C\C/C=C\C/C=C\CC(O)C(O)CCCC(=O)O[C@H](COC(=O)CCCCCCCCCCC(C)CC)COP(=O)(O)OC[C@@H](O)CO. The number of phosphoric acid groups is 1. The first-order valence-corrected chi connectivity index (χ1v) is 22.0. The summed E-state index contributed by atoms with van der Waals surface area (Å²) in [6, 6.07) is 0. The molecular formula is C41H75O12P. The molecule has 316 valence electrons. The van der Waals surface area contributed by atoms with Crippen LogP contribution in [-0.2, 0) is 32.7 Å². The second kappa shape index (κ2) is 35.5. The van der Waals surface area contributed by atoms with E-state index in [1.807, 2.05) is 18.2 Å². The maximum absolute atomic E-state index is 12.6. The molecule has 54 heavy (non-hydrogen) atoms. The first-order valence-electron chi connectivity index (χ1n) is 20.5. The predicted octanol–water partition coefficient (Wildman–Crippen LogP) is 8.19. The monoisotopic (exact) mass is 790 g/mol. The minimum absolute atomic E-state index is 0.129. The summed E-state index contributed by atoms with van der Waals surface area (Å²) in [7, 11) is -4.69.